The van der Waals surface area contributed by atoms with Crippen LogP contribution in [0.1, 0.15) is 11.8 Å². The zero-order valence-electron chi connectivity index (χ0n) is 7.59. The van der Waals surface area contributed by atoms with Crippen molar-refractivity contribution in [2.45, 2.75) is 12.2 Å². The number of aromatic nitrogens is 1. The highest BCUT2D eigenvalue weighted by Gasteiger charge is 2.26. The lowest BCUT2D eigenvalue weighted by molar-refractivity contribution is -0.132. The van der Waals surface area contributed by atoms with Crippen LogP contribution in [0.2, 0.25) is 5.15 Å². The Morgan fingerprint density at radius 3 is 2.60 bits per heavy atom. The van der Waals surface area contributed by atoms with Gasteiger partial charge in [0, 0.05) is 0 Å². The molecule has 1 amide bonds. The number of anilines is 1. The number of nitrogen functional groups attached to an aromatic ring is 1. The van der Waals surface area contributed by atoms with E-state index in [9.17, 15) is 15.0 Å². The number of aliphatic hydroxyl groups is 2. The van der Waals surface area contributed by atoms with Gasteiger partial charge in [-0.05, 0) is 12.1 Å². The van der Waals surface area contributed by atoms with Gasteiger partial charge in [-0.2, -0.15) is 0 Å². The van der Waals surface area contributed by atoms with Crippen LogP contribution in [0.3, 0.4) is 0 Å². The summed E-state index contributed by atoms with van der Waals surface area (Å²) in [5.41, 5.74) is 10.3. The van der Waals surface area contributed by atoms with Gasteiger partial charge in [-0.15, -0.1) is 0 Å². The van der Waals surface area contributed by atoms with Gasteiger partial charge in [0.2, 0.25) is 5.91 Å². The summed E-state index contributed by atoms with van der Waals surface area (Å²) in [5, 5.41) is 18.8. The zero-order valence-corrected chi connectivity index (χ0v) is 8.35. The number of nitrogens with two attached hydrogens (primary N) is 2. The lowest BCUT2D eigenvalue weighted by Crippen LogP contribution is -2.34. The lowest BCUT2D eigenvalue weighted by atomic mass is 10.1. The van der Waals surface area contributed by atoms with Crippen molar-refractivity contribution in [1.29, 1.82) is 0 Å². The Hall–Kier alpha value is -1.37. The van der Waals surface area contributed by atoms with E-state index in [-0.39, 0.29) is 16.5 Å². The van der Waals surface area contributed by atoms with Crippen molar-refractivity contribution in [3.8, 4) is 0 Å². The molecular formula is C8H10ClN3O3. The van der Waals surface area contributed by atoms with Crippen LogP contribution in [0.4, 0.5) is 5.69 Å². The van der Waals surface area contributed by atoms with E-state index in [0.29, 0.717) is 0 Å². The van der Waals surface area contributed by atoms with Crippen LogP contribution >= 0.6 is 11.6 Å². The summed E-state index contributed by atoms with van der Waals surface area (Å²) in [4.78, 5) is 14.3. The summed E-state index contributed by atoms with van der Waals surface area (Å²) < 4.78 is 0. The third-order valence-electron chi connectivity index (χ3n) is 1.79. The number of carbonyl (C=O) groups excluding carboxylic acids is 1. The molecule has 0 fully saturated rings. The molecule has 2 unspecified atom stereocenters. The smallest absolute Gasteiger partial charge is 0.249 e. The SMILES string of the molecule is NC(=O)C(O)C(O)c1nc(Cl)ccc1N. The van der Waals surface area contributed by atoms with Crippen molar-refractivity contribution in [2.24, 2.45) is 5.73 Å². The molecule has 0 aliphatic rings. The van der Waals surface area contributed by atoms with Gasteiger partial charge in [0.25, 0.3) is 0 Å². The average molecular weight is 232 g/mol. The molecule has 0 aliphatic heterocycles. The molecule has 2 atom stereocenters. The number of halogens is 1. The van der Waals surface area contributed by atoms with E-state index in [1.54, 1.807) is 0 Å². The standard InChI is InChI=1S/C8H10ClN3O3/c9-4-2-1-3(10)5(12-4)6(13)7(14)8(11)15/h1-2,6-7,13-14H,10H2,(H2,11,15). The first kappa shape index (κ1) is 11.7. The van der Waals surface area contributed by atoms with Crippen molar-refractivity contribution in [1.82, 2.24) is 4.98 Å². The Morgan fingerprint density at radius 2 is 2.07 bits per heavy atom. The van der Waals surface area contributed by atoms with Crippen molar-refractivity contribution in [3.05, 3.63) is 23.0 Å². The fourth-order valence-corrected chi connectivity index (χ4v) is 1.16. The summed E-state index contributed by atoms with van der Waals surface area (Å²) >= 11 is 5.57. The minimum absolute atomic E-state index is 0.0752. The highest BCUT2D eigenvalue weighted by atomic mass is 35.5. The molecule has 1 aromatic heterocycles. The first-order valence-corrected chi connectivity index (χ1v) is 4.38. The fourth-order valence-electron chi connectivity index (χ4n) is 1.00. The number of hydrogen-bond acceptors (Lipinski definition) is 5. The normalized spacial score (nSPS) is 14.6. The first-order valence-electron chi connectivity index (χ1n) is 4.01. The predicted molar refractivity (Wildman–Crippen MR) is 53.8 cm³/mol. The Balaban J connectivity index is 3.04. The van der Waals surface area contributed by atoms with E-state index in [0.717, 1.165) is 0 Å². The predicted octanol–water partition coefficient (Wildman–Crippen LogP) is -0.803. The van der Waals surface area contributed by atoms with Crippen LogP contribution in [-0.2, 0) is 4.79 Å². The molecule has 0 spiro atoms. The molecular weight excluding hydrogens is 222 g/mol. The molecule has 0 saturated heterocycles. The van der Waals surface area contributed by atoms with Gasteiger partial charge in [-0.25, -0.2) is 4.98 Å². The Kier molecular flexibility index (Phi) is 3.46. The molecule has 0 bridgehead atoms. The molecule has 7 heteroatoms. The Morgan fingerprint density at radius 1 is 1.47 bits per heavy atom. The molecule has 82 valence electrons. The fraction of sp³-hybridized carbons (Fsp3) is 0.250. The van der Waals surface area contributed by atoms with Crippen LogP contribution < -0.4 is 11.5 Å². The molecule has 15 heavy (non-hydrogen) atoms. The van der Waals surface area contributed by atoms with Crippen molar-refractivity contribution < 1.29 is 15.0 Å². The second kappa shape index (κ2) is 4.43. The largest absolute Gasteiger partial charge is 0.397 e. The van der Waals surface area contributed by atoms with Gasteiger partial charge >= 0.3 is 0 Å². The minimum atomic E-state index is -1.77. The van der Waals surface area contributed by atoms with E-state index < -0.39 is 18.1 Å². The van der Waals surface area contributed by atoms with Crippen LogP contribution in [-0.4, -0.2) is 27.2 Å². The maximum Gasteiger partial charge on any atom is 0.249 e. The van der Waals surface area contributed by atoms with E-state index >= 15 is 0 Å². The summed E-state index contributed by atoms with van der Waals surface area (Å²) in [5.74, 6) is -1.07. The molecule has 1 rings (SSSR count). The summed E-state index contributed by atoms with van der Waals surface area (Å²) in [7, 11) is 0. The average Bonchev–Trinajstić information content (AvgIpc) is 2.19. The maximum absolute atomic E-state index is 10.6. The summed E-state index contributed by atoms with van der Waals surface area (Å²) in [6.45, 7) is 0. The number of carbonyl (C=O) groups is 1. The summed E-state index contributed by atoms with van der Waals surface area (Å²) in [6, 6.07) is 2.82. The molecule has 1 heterocycles. The highest BCUT2D eigenvalue weighted by Crippen LogP contribution is 2.22. The van der Waals surface area contributed by atoms with Gasteiger partial charge in [0.05, 0.1) is 11.4 Å². The van der Waals surface area contributed by atoms with Gasteiger partial charge in [0.1, 0.15) is 11.3 Å². The molecule has 0 saturated carbocycles. The Bertz CT molecular complexity index is 385. The zero-order chi connectivity index (χ0) is 11.6. The van der Waals surface area contributed by atoms with E-state index in [1.165, 1.54) is 12.1 Å². The Labute approximate surface area is 90.5 Å². The summed E-state index contributed by atoms with van der Waals surface area (Å²) in [6.07, 6.45) is -3.35. The molecule has 6 N–H and O–H groups in total. The third-order valence-corrected chi connectivity index (χ3v) is 2.00. The van der Waals surface area contributed by atoms with E-state index in [2.05, 4.69) is 4.98 Å². The number of hydrogen-bond donors (Lipinski definition) is 4. The number of nitrogens with zero attached hydrogens (tertiary/aromatic N) is 1. The van der Waals surface area contributed by atoms with Gasteiger partial charge in [0.15, 0.2) is 6.10 Å². The maximum atomic E-state index is 10.6. The lowest BCUT2D eigenvalue weighted by Gasteiger charge is -2.15. The van der Waals surface area contributed by atoms with Crippen LogP contribution in [0, 0.1) is 0 Å². The number of primary amides is 1. The van der Waals surface area contributed by atoms with Gasteiger partial charge in [-0.1, -0.05) is 11.6 Å². The number of pyridine rings is 1. The second-order valence-corrected chi connectivity index (χ2v) is 3.29. The molecule has 6 nitrogen and oxygen atoms in total. The first-order chi connectivity index (χ1) is 6.93. The van der Waals surface area contributed by atoms with E-state index in [4.69, 9.17) is 23.1 Å². The van der Waals surface area contributed by atoms with Crippen molar-refractivity contribution in [3.63, 3.8) is 0 Å². The minimum Gasteiger partial charge on any atom is -0.397 e. The third kappa shape index (κ3) is 2.56. The van der Waals surface area contributed by atoms with Crippen LogP contribution in [0.5, 0.6) is 0 Å². The monoisotopic (exact) mass is 231 g/mol. The molecule has 0 aliphatic carbocycles. The number of amides is 1. The topological polar surface area (TPSA) is 122 Å². The van der Waals surface area contributed by atoms with Gasteiger partial charge < -0.3 is 21.7 Å². The molecule has 1 aromatic rings. The number of rotatable bonds is 3. The quantitative estimate of drug-likeness (QED) is 0.507. The van der Waals surface area contributed by atoms with Gasteiger partial charge in [-0.3, -0.25) is 4.79 Å². The van der Waals surface area contributed by atoms with Crippen molar-refractivity contribution in [2.75, 3.05) is 5.73 Å². The molecule has 0 radical (unpaired) electrons. The second-order valence-electron chi connectivity index (χ2n) is 2.90. The van der Waals surface area contributed by atoms with Crippen LogP contribution in [0.25, 0.3) is 0 Å². The highest BCUT2D eigenvalue weighted by molar-refractivity contribution is 6.29. The number of aliphatic hydroxyl groups excluding tert-OH is 2. The van der Waals surface area contributed by atoms with Crippen molar-refractivity contribution >= 4 is 23.2 Å². The molecule has 0 aromatic carbocycles. The van der Waals surface area contributed by atoms with Crippen LogP contribution in [0.15, 0.2) is 12.1 Å². The van der Waals surface area contributed by atoms with E-state index in [1.807, 2.05) is 0 Å².